The van der Waals surface area contributed by atoms with Gasteiger partial charge in [-0.3, -0.25) is 9.69 Å². The highest BCUT2D eigenvalue weighted by molar-refractivity contribution is 5.80. The van der Waals surface area contributed by atoms with Crippen molar-refractivity contribution in [3.8, 4) is 0 Å². The molecule has 0 aliphatic carbocycles. The van der Waals surface area contributed by atoms with E-state index in [1.807, 2.05) is 52.8 Å². The summed E-state index contributed by atoms with van der Waals surface area (Å²) >= 11 is 0. The molecule has 162 valence electrons. The predicted molar refractivity (Wildman–Crippen MR) is 114 cm³/mol. The lowest BCUT2D eigenvalue weighted by Gasteiger charge is -2.42. The molecule has 0 bridgehead atoms. The first-order chi connectivity index (χ1) is 13.5. The van der Waals surface area contributed by atoms with Gasteiger partial charge in [-0.05, 0) is 40.2 Å². The van der Waals surface area contributed by atoms with Crippen molar-refractivity contribution in [3.63, 3.8) is 0 Å². The van der Waals surface area contributed by atoms with Crippen LogP contribution in [0, 0.1) is 5.41 Å². The summed E-state index contributed by atoms with van der Waals surface area (Å²) in [5, 5.41) is 3.38. The lowest BCUT2D eigenvalue weighted by molar-refractivity contribution is -0.125. The highest BCUT2D eigenvalue weighted by Crippen LogP contribution is 2.18. The predicted octanol–water partition coefficient (Wildman–Crippen LogP) is 2.21. The van der Waals surface area contributed by atoms with Crippen molar-refractivity contribution in [3.05, 3.63) is 35.9 Å². The van der Waals surface area contributed by atoms with E-state index in [2.05, 4.69) is 22.3 Å². The number of benzene rings is 1. The van der Waals surface area contributed by atoms with Crippen LogP contribution in [0.1, 0.15) is 40.2 Å². The third-order valence-electron chi connectivity index (χ3n) is 5.10. The number of primary amides is 1. The van der Waals surface area contributed by atoms with Gasteiger partial charge in [-0.15, -0.1) is 0 Å². The van der Waals surface area contributed by atoms with Crippen LogP contribution in [-0.2, 0) is 16.1 Å². The van der Waals surface area contributed by atoms with Gasteiger partial charge in [0.05, 0.1) is 5.41 Å². The molecule has 1 unspecified atom stereocenters. The molecule has 29 heavy (non-hydrogen) atoms. The van der Waals surface area contributed by atoms with Crippen LogP contribution in [0.3, 0.4) is 0 Å². The number of carbonyl (C=O) groups excluding carboxylic acids is 2. The molecule has 1 aliphatic rings. The zero-order valence-electron chi connectivity index (χ0n) is 18.4. The maximum Gasteiger partial charge on any atom is 0.410 e. The van der Waals surface area contributed by atoms with Crippen LogP contribution in [0.4, 0.5) is 4.79 Å². The molecule has 1 heterocycles. The molecule has 1 aliphatic heterocycles. The minimum atomic E-state index is -0.621. The molecule has 3 N–H and O–H groups in total. The molecule has 2 amide bonds. The van der Waals surface area contributed by atoms with E-state index < -0.39 is 11.0 Å². The average molecular weight is 405 g/mol. The van der Waals surface area contributed by atoms with Crippen molar-refractivity contribution in [1.82, 2.24) is 15.1 Å². The van der Waals surface area contributed by atoms with Crippen LogP contribution in [-0.4, -0.2) is 66.2 Å². The van der Waals surface area contributed by atoms with Crippen LogP contribution in [0.25, 0.3) is 0 Å². The van der Waals surface area contributed by atoms with Gasteiger partial charge in [-0.2, -0.15) is 0 Å². The number of rotatable bonds is 7. The molecule has 1 fully saturated rings. The van der Waals surface area contributed by atoms with Gasteiger partial charge in [-0.25, -0.2) is 4.79 Å². The summed E-state index contributed by atoms with van der Waals surface area (Å²) in [4.78, 5) is 28.3. The number of amides is 2. The Balaban J connectivity index is 2.04. The molecule has 0 spiro atoms. The van der Waals surface area contributed by atoms with Crippen LogP contribution in [0.2, 0.25) is 0 Å². The summed E-state index contributed by atoms with van der Waals surface area (Å²) < 4.78 is 5.56. The Morgan fingerprint density at radius 3 is 2.38 bits per heavy atom. The molecule has 2 rings (SSSR count). The Bertz CT molecular complexity index is 685. The Labute approximate surface area is 174 Å². The number of hydrogen-bond acceptors (Lipinski definition) is 5. The first-order valence-electron chi connectivity index (χ1n) is 10.2. The number of ether oxygens (including phenoxy) is 1. The van der Waals surface area contributed by atoms with Gasteiger partial charge in [0.15, 0.2) is 0 Å². The van der Waals surface area contributed by atoms with Crippen molar-refractivity contribution in [1.29, 1.82) is 0 Å². The molecule has 0 radical (unpaired) electrons. The lowest BCUT2D eigenvalue weighted by atomic mass is 9.92. The van der Waals surface area contributed by atoms with E-state index in [0.29, 0.717) is 26.2 Å². The second-order valence-electron chi connectivity index (χ2n) is 9.42. The molecule has 1 aromatic carbocycles. The standard InChI is InChI=1S/C22H36N4O3/c1-21(2,3)29-20(28)26-12-11-25(14-17-9-7-6-8-10-17)18(15-26)13-24-16-22(4,5)19(23)27/h6-10,18,24H,11-16H2,1-5H3,(H2,23,27). The summed E-state index contributed by atoms with van der Waals surface area (Å²) in [6.07, 6.45) is -0.278. The Kier molecular flexibility index (Phi) is 7.66. The quantitative estimate of drug-likeness (QED) is 0.727. The average Bonchev–Trinajstić information content (AvgIpc) is 2.62. The molecular formula is C22H36N4O3. The molecule has 7 heteroatoms. The molecule has 0 saturated carbocycles. The third kappa shape index (κ3) is 7.33. The summed E-state index contributed by atoms with van der Waals surface area (Å²) in [6.45, 7) is 13.2. The maximum absolute atomic E-state index is 12.6. The van der Waals surface area contributed by atoms with Gasteiger partial charge in [0, 0.05) is 45.3 Å². The molecule has 1 atom stereocenters. The van der Waals surface area contributed by atoms with Crippen LogP contribution < -0.4 is 11.1 Å². The molecular weight excluding hydrogens is 368 g/mol. The van der Waals surface area contributed by atoms with Crippen LogP contribution in [0.15, 0.2) is 30.3 Å². The van der Waals surface area contributed by atoms with Crippen molar-refractivity contribution in [2.45, 2.75) is 52.8 Å². The monoisotopic (exact) mass is 404 g/mol. The molecule has 7 nitrogen and oxygen atoms in total. The smallest absolute Gasteiger partial charge is 0.410 e. The van der Waals surface area contributed by atoms with Gasteiger partial charge in [0.25, 0.3) is 0 Å². The summed E-state index contributed by atoms with van der Waals surface area (Å²) in [5.41, 5.74) is 5.58. The van der Waals surface area contributed by atoms with Gasteiger partial charge in [0.1, 0.15) is 5.60 Å². The number of hydrogen-bond donors (Lipinski definition) is 2. The largest absolute Gasteiger partial charge is 0.444 e. The zero-order chi connectivity index (χ0) is 21.7. The SMILES string of the molecule is CC(C)(C)OC(=O)N1CCN(Cc2ccccc2)C(CNCC(C)(C)C(N)=O)C1. The summed E-state index contributed by atoms with van der Waals surface area (Å²) in [5.74, 6) is -0.329. The van der Waals surface area contributed by atoms with E-state index in [9.17, 15) is 9.59 Å². The Hall–Kier alpha value is -2.12. The maximum atomic E-state index is 12.6. The fraction of sp³-hybridized carbons (Fsp3) is 0.636. The fourth-order valence-electron chi connectivity index (χ4n) is 3.24. The number of carbonyl (C=O) groups is 2. The topological polar surface area (TPSA) is 87.9 Å². The van der Waals surface area contributed by atoms with E-state index in [-0.39, 0.29) is 18.0 Å². The minimum absolute atomic E-state index is 0.111. The number of nitrogens with one attached hydrogen (secondary N) is 1. The van der Waals surface area contributed by atoms with Gasteiger partial charge >= 0.3 is 6.09 Å². The first-order valence-corrected chi connectivity index (χ1v) is 10.2. The van der Waals surface area contributed by atoms with Gasteiger partial charge < -0.3 is 20.7 Å². The van der Waals surface area contributed by atoms with Crippen LogP contribution in [0.5, 0.6) is 0 Å². The lowest BCUT2D eigenvalue weighted by Crippen LogP contribution is -2.58. The minimum Gasteiger partial charge on any atom is -0.444 e. The van der Waals surface area contributed by atoms with E-state index in [1.54, 1.807) is 4.90 Å². The van der Waals surface area contributed by atoms with E-state index in [1.165, 1.54) is 5.56 Å². The normalized spacial score (nSPS) is 18.5. The second kappa shape index (κ2) is 9.59. The Morgan fingerprint density at radius 1 is 1.14 bits per heavy atom. The zero-order valence-corrected chi connectivity index (χ0v) is 18.4. The fourth-order valence-corrected chi connectivity index (χ4v) is 3.24. The van der Waals surface area contributed by atoms with Crippen LogP contribution >= 0.6 is 0 Å². The first kappa shape index (κ1) is 23.2. The second-order valence-corrected chi connectivity index (χ2v) is 9.42. The van der Waals surface area contributed by atoms with Crippen molar-refractivity contribution in [2.75, 3.05) is 32.7 Å². The summed E-state index contributed by atoms with van der Waals surface area (Å²) in [6, 6.07) is 10.4. The number of nitrogens with two attached hydrogens (primary N) is 1. The highest BCUT2D eigenvalue weighted by atomic mass is 16.6. The van der Waals surface area contributed by atoms with E-state index in [4.69, 9.17) is 10.5 Å². The molecule has 1 aromatic rings. The van der Waals surface area contributed by atoms with Crippen molar-refractivity contribution < 1.29 is 14.3 Å². The van der Waals surface area contributed by atoms with Gasteiger partial charge in [0.2, 0.25) is 5.91 Å². The molecule has 1 saturated heterocycles. The number of nitrogens with zero attached hydrogens (tertiary/aromatic N) is 2. The van der Waals surface area contributed by atoms with Gasteiger partial charge in [-0.1, -0.05) is 30.3 Å². The summed E-state index contributed by atoms with van der Waals surface area (Å²) in [7, 11) is 0. The number of piperazine rings is 1. The van der Waals surface area contributed by atoms with Crippen molar-refractivity contribution >= 4 is 12.0 Å². The molecule has 0 aromatic heterocycles. The van der Waals surface area contributed by atoms with Crippen molar-refractivity contribution in [2.24, 2.45) is 11.1 Å². The van der Waals surface area contributed by atoms with E-state index in [0.717, 1.165) is 13.1 Å². The highest BCUT2D eigenvalue weighted by Gasteiger charge is 2.32. The van der Waals surface area contributed by atoms with E-state index >= 15 is 0 Å². The third-order valence-corrected chi connectivity index (χ3v) is 5.10. The Morgan fingerprint density at radius 2 is 1.79 bits per heavy atom.